The lowest BCUT2D eigenvalue weighted by Gasteiger charge is -2.38. The molecule has 0 spiro atoms. The van der Waals surface area contributed by atoms with Crippen LogP contribution in [0.5, 0.6) is 0 Å². The highest BCUT2D eigenvalue weighted by molar-refractivity contribution is 5.83. The van der Waals surface area contributed by atoms with E-state index in [-0.39, 0.29) is 18.1 Å². The number of aliphatic hydroxyl groups is 1. The maximum absolute atomic E-state index is 12.2. The first kappa shape index (κ1) is 10.9. The van der Waals surface area contributed by atoms with Gasteiger partial charge >= 0.3 is 0 Å². The van der Waals surface area contributed by atoms with Gasteiger partial charge in [-0.15, -0.1) is 0 Å². The second-order valence-corrected chi connectivity index (χ2v) is 5.19. The Kier molecular flexibility index (Phi) is 2.73. The normalized spacial score (nSPS) is 31.5. The molecule has 2 rings (SSSR count). The highest BCUT2D eigenvalue weighted by Gasteiger charge is 2.44. The summed E-state index contributed by atoms with van der Waals surface area (Å²) in [5.74, 6) is 0.0718. The van der Waals surface area contributed by atoms with E-state index in [1.807, 2.05) is 4.90 Å². The van der Waals surface area contributed by atoms with Crippen LogP contribution in [0, 0.1) is 0 Å². The molecule has 4 nitrogen and oxygen atoms in total. The van der Waals surface area contributed by atoms with Crippen LogP contribution in [-0.4, -0.2) is 46.7 Å². The van der Waals surface area contributed by atoms with Crippen molar-refractivity contribution in [2.45, 2.75) is 50.7 Å². The zero-order chi connectivity index (χ0) is 11.1. The number of nitrogens with one attached hydrogen (secondary N) is 1. The van der Waals surface area contributed by atoms with Crippen molar-refractivity contribution in [3.63, 3.8) is 0 Å². The largest absolute Gasteiger partial charge is 0.394 e. The van der Waals surface area contributed by atoms with E-state index in [4.69, 9.17) is 5.11 Å². The Morgan fingerprint density at radius 1 is 1.53 bits per heavy atom. The van der Waals surface area contributed by atoms with Crippen LogP contribution in [0.1, 0.15) is 33.1 Å². The molecule has 1 heterocycles. The molecule has 2 aliphatic rings. The summed E-state index contributed by atoms with van der Waals surface area (Å²) in [7, 11) is 0. The molecule has 86 valence electrons. The molecule has 1 atom stereocenters. The summed E-state index contributed by atoms with van der Waals surface area (Å²) in [6.45, 7) is 4.93. The zero-order valence-electron chi connectivity index (χ0n) is 9.49. The highest BCUT2D eigenvalue weighted by Crippen LogP contribution is 2.35. The molecule has 0 aromatic carbocycles. The minimum atomic E-state index is -0.396. The van der Waals surface area contributed by atoms with Gasteiger partial charge < -0.3 is 15.3 Å². The van der Waals surface area contributed by atoms with Crippen molar-refractivity contribution in [2.75, 3.05) is 13.2 Å². The van der Waals surface area contributed by atoms with E-state index in [0.29, 0.717) is 6.04 Å². The molecule has 15 heavy (non-hydrogen) atoms. The number of nitrogens with zero attached hydrogens (tertiary/aromatic N) is 1. The van der Waals surface area contributed by atoms with Gasteiger partial charge in [0, 0.05) is 11.6 Å². The van der Waals surface area contributed by atoms with Crippen LogP contribution in [0.2, 0.25) is 0 Å². The van der Waals surface area contributed by atoms with Crippen LogP contribution in [0.4, 0.5) is 0 Å². The fourth-order valence-corrected chi connectivity index (χ4v) is 2.38. The maximum atomic E-state index is 12.2. The Morgan fingerprint density at radius 3 is 2.73 bits per heavy atom. The summed E-state index contributed by atoms with van der Waals surface area (Å²) in [5, 5.41) is 12.3. The van der Waals surface area contributed by atoms with Crippen molar-refractivity contribution in [1.29, 1.82) is 0 Å². The molecule has 2 N–H and O–H groups in total. The van der Waals surface area contributed by atoms with E-state index < -0.39 is 6.04 Å². The van der Waals surface area contributed by atoms with Crippen molar-refractivity contribution in [3.8, 4) is 0 Å². The third-order valence-corrected chi connectivity index (χ3v) is 3.41. The fraction of sp³-hybridized carbons (Fsp3) is 0.909. The van der Waals surface area contributed by atoms with Gasteiger partial charge in [-0.05, 0) is 39.7 Å². The van der Waals surface area contributed by atoms with E-state index in [9.17, 15) is 4.79 Å². The molecule has 1 saturated carbocycles. The van der Waals surface area contributed by atoms with Gasteiger partial charge in [-0.3, -0.25) is 4.79 Å². The van der Waals surface area contributed by atoms with Gasteiger partial charge in [0.05, 0.1) is 6.61 Å². The third-order valence-electron chi connectivity index (χ3n) is 3.41. The summed E-state index contributed by atoms with van der Waals surface area (Å²) >= 11 is 0. The molecule has 1 amide bonds. The molecule has 0 radical (unpaired) electrons. The van der Waals surface area contributed by atoms with E-state index in [1.54, 1.807) is 0 Å². The van der Waals surface area contributed by atoms with Crippen LogP contribution >= 0.6 is 0 Å². The number of aliphatic hydroxyl groups excluding tert-OH is 1. The number of hydrogen-bond donors (Lipinski definition) is 2. The van der Waals surface area contributed by atoms with Crippen LogP contribution in [0.15, 0.2) is 0 Å². The highest BCUT2D eigenvalue weighted by atomic mass is 16.3. The topological polar surface area (TPSA) is 52.6 Å². The number of carbonyl (C=O) groups is 1. The molecule has 1 aliphatic carbocycles. The molecule has 2 fully saturated rings. The Balaban J connectivity index is 2.21. The van der Waals surface area contributed by atoms with Gasteiger partial charge in [0.2, 0.25) is 5.91 Å². The van der Waals surface area contributed by atoms with Crippen LogP contribution in [-0.2, 0) is 4.79 Å². The summed E-state index contributed by atoms with van der Waals surface area (Å²) in [4.78, 5) is 14.2. The van der Waals surface area contributed by atoms with Crippen molar-refractivity contribution >= 4 is 5.91 Å². The summed E-state index contributed by atoms with van der Waals surface area (Å²) in [5.41, 5.74) is -0.0742. The van der Waals surface area contributed by atoms with Crippen LogP contribution in [0.25, 0.3) is 0 Å². The molecule has 0 aromatic heterocycles. The minimum Gasteiger partial charge on any atom is -0.394 e. The van der Waals surface area contributed by atoms with Crippen molar-refractivity contribution < 1.29 is 9.90 Å². The molecule has 1 unspecified atom stereocenters. The first-order valence-corrected chi connectivity index (χ1v) is 5.73. The second-order valence-electron chi connectivity index (χ2n) is 5.19. The van der Waals surface area contributed by atoms with Crippen molar-refractivity contribution in [2.24, 2.45) is 0 Å². The molecule has 4 heteroatoms. The number of carbonyl (C=O) groups excluding carboxylic acids is 1. The van der Waals surface area contributed by atoms with E-state index in [0.717, 1.165) is 25.8 Å². The summed E-state index contributed by atoms with van der Waals surface area (Å²) < 4.78 is 0. The van der Waals surface area contributed by atoms with Gasteiger partial charge in [0.1, 0.15) is 6.04 Å². The standard InChI is InChI=1S/C11H20N2O2/c1-11(2)5-6-12-9(7-14)10(15)13(11)8-3-4-8/h8-9,12,14H,3-7H2,1-2H3. The van der Waals surface area contributed by atoms with E-state index >= 15 is 0 Å². The number of hydrogen-bond acceptors (Lipinski definition) is 3. The van der Waals surface area contributed by atoms with Gasteiger partial charge in [-0.2, -0.15) is 0 Å². The van der Waals surface area contributed by atoms with Crippen LogP contribution in [0.3, 0.4) is 0 Å². The van der Waals surface area contributed by atoms with Gasteiger partial charge in [-0.1, -0.05) is 0 Å². The smallest absolute Gasteiger partial charge is 0.242 e. The number of amides is 1. The van der Waals surface area contributed by atoms with Crippen molar-refractivity contribution in [1.82, 2.24) is 10.2 Å². The quantitative estimate of drug-likeness (QED) is 0.683. The average Bonchev–Trinajstić information content (AvgIpc) is 2.94. The molecular weight excluding hydrogens is 192 g/mol. The Hall–Kier alpha value is -0.610. The Labute approximate surface area is 90.6 Å². The average molecular weight is 212 g/mol. The lowest BCUT2D eigenvalue weighted by Crippen LogP contribution is -2.53. The van der Waals surface area contributed by atoms with Gasteiger partial charge in [0.25, 0.3) is 0 Å². The van der Waals surface area contributed by atoms with Crippen molar-refractivity contribution in [3.05, 3.63) is 0 Å². The molecule has 1 saturated heterocycles. The molecule has 0 aromatic rings. The lowest BCUT2D eigenvalue weighted by atomic mass is 9.98. The van der Waals surface area contributed by atoms with Gasteiger partial charge in [-0.25, -0.2) is 0 Å². The maximum Gasteiger partial charge on any atom is 0.242 e. The third kappa shape index (κ3) is 2.01. The van der Waals surface area contributed by atoms with E-state index in [1.165, 1.54) is 0 Å². The zero-order valence-corrected chi connectivity index (χ0v) is 9.49. The predicted molar refractivity (Wildman–Crippen MR) is 57.4 cm³/mol. The van der Waals surface area contributed by atoms with E-state index in [2.05, 4.69) is 19.2 Å². The molecule has 1 aliphatic heterocycles. The molecule has 0 bridgehead atoms. The minimum absolute atomic E-state index is 0.0718. The monoisotopic (exact) mass is 212 g/mol. The second kappa shape index (κ2) is 3.76. The first-order valence-electron chi connectivity index (χ1n) is 5.73. The number of rotatable bonds is 2. The van der Waals surface area contributed by atoms with Crippen LogP contribution < -0.4 is 5.32 Å². The molecular formula is C11H20N2O2. The van der Waals surface area contributed by atoms with Gasteiger partial charge in [0.15, 0.2) is 0 Å². The summed E-state index contributed by atoms with van der Waals surface area (Å²) in [6.07, 6.45) is 3.19. The first-order chi connectivity index (χ1) is 7.06. The Bertz CT molecular complexity index is 261. The predicted octanol–water partition coefficient (Wildman–Crippen LogP) is 0.110. The SMILES string of the molecule is CC1(C)CCNC(CO)C(=O)N1C1CC1. The fourth-order valence-electron chi connectivity index (χ4n) is 2.38. The Morgan fingerprint density at radius 2 is 2.20 bits per heavy atom. The summed E-state index contributed by atoms with van der Waals surface area (Å²) in [6, 6.07) is 0.0221. The lowest BCUT2D eigenvalue weighted by molar-refractivity contribution is -0.139.